The van der Waals surface area contributed by atoms with E-state index in [1.54, 1.807) is 23.0 Å². The molecule has 1 spiro atoms. The predicted molar refractivity (Wildman–Crippen MR) is 109 cm³/mol. The first-order valence-electron chi connectivity index (χ1n) is 10.7. The second kappa shape index (κ2) is 6.41. The molecule has 0 radical (unpaired) electrons. The molecule has 1 saturated heterocycles. The molecule has 2 saturated carbocycles. The van der Waals surface area contributed by atoms with E-state index in [0.29, 0.717) is 17.5 Å². The largest absolute Gasteiger partial charge is 0.434 e. The quantitative estimate of drug-likeness (QED) is 0.673. The number of aromatic nitrogens is 4. The zero-order valence-electron chi connectivity index (χ0n) is 16.9. The van der Waals surface area contributed by atoms with Crippen molar-refractivity contribution in [1.82, 2.24) is 19.4 Å². The highest BCUT2D eigenvalue weighted by Crippen LogP contribution is 2.62. The van der Waals surface area contributed by atoms with Gasteiger partial charge in [0.2, 0.25) is 0 Å². The second-order valence-corrected chi connectivity index (χ2v) is 9.22. The number of rotatable bonds is 2. The van der Waals surface area contributed by atoms with Gasteiger partial charge >= 0.3 is 6.18 Å². The Balaban J connectivity index is 1.33. The van der Waals surface area contributed by atoms with Gasteiger partial charge in [-0.2, -0.15) is 13.2 Å². The molecule has 0 bridgehead atoms. The molecule has 3 atom stereocenters. The molecule has 31 heavy (non-hydrogen) atoms. The standard InChI is InChI=1S/C22H23F3N6/c23-22(24,25)18-14(2-1-5-27-18)19-29-12-16-20(28-6-9-31(16)19)30-7-3-21(4-8-30)11-13-10-15(13)17(21)26/h1-2,5-6,9,12-13,15,17H,3-4,7-8,10-11,26H2/t13?,15?,17-/m1/s1. The molecule has 0 amide bonds. The van der Waals surface area contributed by atoms with Crippen LogP contribution in [0.2, 0.25) is 0 Å². The van der Waals surface area contributed by atoms with Crippen molar-refractivity contribution in [3.63, 3.8) is 0 Å². The van der Waals surface area contributed by atoms with Crippen molar-refractivity contribution >= 4 is 11.3 Å². The van der Waals surface area contributed by atoms with Crippen molar-refractivity contribution in [2.24, 2.45) is 23.0 Å². The van der Waals surface area contributed by atoms with E-state index >= 15 is 0 Å². The molecule has 6 rings (SSSR count). The van der Waals surface area contributed by atoms with Crippen LogP contribution in [-0.2, 0) is 6.18 Å². The number of alkyl halides is 3. The Morgan fingerprint density at radius 3 is 2.61 bits per heavy atom. The Hall–Kier alpha value is -2.68. The summed E-state index contributed by atoms with van der Waals surface area (Å²) in [7, 11) is 0. The van der Waals surface area contributed by atoms with Gasteiger partial charge in [-0.05, 0) is 55.1 Å². The summed E-state index contributed by atoms with van der Waals surface area (Å²) in [6.07, 6.45) is 6.07. The van der Waals surface area contributed by atoms with Gasteiger partial charge in [0.05, 0.1) is 6.20 Å². The van der Waals surface area contributed by atoms with Crippen LogP contribution in [0.3, 0.4) is 0 Å². The van der Waals surface area contributed by atoms with E-state index in [4.69, 9.17) is 5.73 Å². The van der Waals surface area contributed by atoms with Crippen LogP contribution in [-0.4, -0.2) is 38.5 Å². The average molecular weight is 428 g/mol. The van der Waals surface area contributed by atoms with Crippen LogP contribution in [0.1, 0.15) is 31.4 Å². The Bertz CT molecular complexity index is 1150. The third kappa shape index (κ3) is 2.86. The van der Waals surface area contributed by atoms with E-state index in [1.165, 1.54) is 25.0 Å². The highest BCUT2D eigenvalue weighted by atomic mass is 19.4. The molecule has 9 heteroatoms. The van der Waals surface area contributed by atoms with Gasteiger partial charge in [0, 0.05) is 43.3 Å². The molecule has 2 aliphatic carbocycles. The predicted octanol–water partition coefficient (Wildman–Crippen LogP) is 3.76. The van der Waals surface area contributed by atoms with Crippen molar-refractivity contribution in [2.45, 2.75) is 37.9 Å². The third-order valence-electron chi connectivity index (χ3n) is 7.63. The van der Waals surface area contributed by atoms with Crippen LogP contribution >= 0.6 is 0 Å². The summed E-state index contributed by atoms with van der Waals surface area (Å²) in [5.41, 5.74) is 6.54. The first kappa shape index (κ1) is 19.0. The summed E-state index contributed by atoms with van der Waals surface area (Å²) in [5, 5.41) is 0. The lowest BCUT2D eigenvalue weighted by Crippen LogP contribution is -2.48. The zero-order valence-corrected chi connectivity index (χ0v) is 16.9. The summed E-state index contributed by atoms with van der Waals surface area (Å²) in [6.45, 7) is 1.70. The molecule has 3 fully saturated rings. The highest BCUT2D eigenvalue weighted by Gasteiger charge is 2.59. The first-order chi connectivity index (χ1) is 14.9. The number of nitrogens with zero attached hydrogens (tertiary/aromatic N) is 5. The number of fused-ring (bicyclic) bond motifs is 2. The van der Waals surface area contributed by atoms with Gasteiger partial charge < -0.3 is 10.6 Å². The third-order valence-corrected chi connectivity index (χ3v) is 7.63. The molecule has 3 aliphatic rings. The topological polar surface area (TPSA) is 72.3 Å². The smallest absolute Gasteiger partial charge is 0.355 e. The number of pyridine rings is 1. The summed E-state index contributed by atoms with van der Waals surface area (Å²) < 4.78 is 42.1. The number of anilines is 1. The van der Waals surface area contributed by atoms with E-state index < -0.39 is 11.9 Å². The fourth-order valence-corrected chi connectivity index (χ4v) is 5.93. The maximum atomic E-state index is 13.5. The minimum Gasteiger partial charge on any atom is -0.355 e. The van der Waals surface area contributed by atoms with Crippen molar-refractivity contribution < 1.29 is 13.2 Å². The highest BCUT2D eigenvalue weighted by molar-refractivity contribution is 5.73. The average Bonchev–Trinajstić information content (AvgIpc) is 3.29. The van der Waals surface area contributed by atoms with Crippen LogP contribution in [0, 0.1) is 17.3 Å². The summed E-state index contributed by atoms with van der Waals surface area (Å²) in [4.78, 5) is 14.7. The number of hydrogen-bond donors (Lipinski definition) is 1. The number of halogens is 3. The summed E-state index contributed by atoms with van der Waals surface area (Å²) >= 11 is 0. The molecule has 0 aromatic carbocycles. The van der Waals surface area contributed by atoms with Crippen LogP contribution in [0.5, 0.6) is 0 Å². The zero-order chi connectivity index (χ0) is 21.4. The number of nitrogens with two attached hydrogens (primary N) is 1. The Morgan fingerprint density at radius 1 is 1.10 bits per heavy atom. The van der Waals surface area contributed by atoms with Crippen LogP contribution < -0.4 is 10.6 Å². The summed E-state index contributed by atoms with van der Waals surface area (Å²) in [6, 6.07) is 3.20. The fourth-order valence-electron chi connectivity index (χ4n) is 5.93. The first-order valence-corrected chi connectivity index (χ1v) is 10.7. The SMILES string of the molecule is N[C@@H]1C2CC2CC12CCN(c1nccn3c(-c4cccnc4C(F)(F)F)ncc13)CC2. The van der Waals surface area contributed by atoms with Gasteiger partial charge in [0.15, 0.2) is 11.5 Å². The Morgan fingerprint density at radius 2 is 1.90 bits per heavy atom. The molecular formula is C22H23F3N6. The maximum absolute atomic E-state index is 13.5. The molecule has 2 N–H and O–H groups in total. The van der Waals surface area contributed by atoms with Crippen molar-refractivity contribution in [3.8, 4) is 11.4 Å². The van der Waals surface area contributed by atoms with E-state index in [-0.39, 0.29) is 16.8 Å². The number of imidazole rings is 1. The molecule has 1 aliphatic heterocycles. The van der Waals surface area contributed by atoms with Gasteiger partial charge in [-0.1, -0.05) is 0 Å². The lowest BCUT2D eigenvalue weighted by atomic mass is 9.72. The molecular weight excluding hydrogens is 405 g/mol. The lowest BCUT2D eigenvalue weighted by molar-refractivity contribution is -0.140. The molecule has 162 valence electrons. The lowest BCUT2D eigenvalue weighted by Gasteiger charge is -2.44. The minimum atomic E-state index is -4.56. The molecule has 3 aromatic heterocycles. The Labute approximate surface area is 177 Å². The minimum absolute atomic E-state index is 0.0408. The molecule has 3 aromatic rings. The van der Waals surface area contributed by atoms with Crippen LogP contribution in [0.25, 0.3) is 16.9 Å². The summed E-state index contributed by atoms with van der Waals surface area (Å²) in [5.74, 6) is 2.51. The van der Waals surface area contributed by atoms with Gasteiger partial charge in [0.1, 0.15) is 11.3 Å². The Kier molecular flexibility index (Phi) is 3.94. The van der Waals surface area contributed by atoms with Gasteiger partial charge in [-0.3, -0.25) is 9.38 Å². The van der Waals surface area contributed by atoms with Crippen LogP contribution in [0.15, 0.2) is 36.9 Å². The number of piperidine rings is 1. The number of hydrogen-bond acceptors (Lipinski definition) is 5. The van der Waals surface area contributed by atoms with Crippen molar-refractivity contribution in [2.75, 3.05) is 18.0 Å². The monoisotopic (exact) mass is 428 g/mol. The normalized spacial score (nSPS) is 27.1. The van der Waals surface area contributed by atoms with Gasteiger partial charge in [-0.15, -0.1) is 0 Å². The van der Waals surface area contributed by atoms with E-state index in [1.807, 2.05) is 0 Å². The molecule has 6 nitrogen and oxygen atoms in total. The van der Waals surface area contributed by atoms with Crippen LogP contribution in [0.4, 0.5) is 19.0 Å². The molecule has 2 unspecified atom stereocenters. The van der Waals surface area contributed by atoms with Gasteiger partial charge in [0.25, 0.3) is 0 Å². The molecule has 4 heterocycles. The maximum Gasteiger partial charge on any atom is 0.434 e. The van der Waals surface area contributed by atoms with E-state index in [0.717, 1.165) is 43.9 Å². The van der Waals surface area contributed by atoms with Crippen molar-refractivity contribution in [1.29, 1.82) is 0 Å². The van der Waals surface area contributed by atoms with Crippen molar-refractivity contribution in [3.05, 3.63) is 42.6 Å². The van der Waals surface area contributed by atoms with Gasteiger partial charge in [-0.25, -0.2) is 9.97 Å². The van der Waals surface area contributed by atoms with E-state index in [2.05, 4.69) is 19.9 Å². The second-order valence-electron chi connectivity index (χ2n) is 9.22. The van der Waals surface area contributed by atoms with E-state index in [9.17, 15) is 13.2 Å². The fraction of sp³-hybridized carbons (Fsp3) is 0.500.